The number of halogens is 2. The van der Waals surface area contributed by atoms with Crippen LogP contribution in [0.1, 0.15) is 23.6 Å². The third-order valence-electron chi connectivity index (χ3n) is 3.54. The molecule has 0 aromatic heterocycles. The molecule has 0 aliphatic heterocycles. The molecule has 2 rings (SSSR count). The number of nitrogens with one attached hydrogen (secondary N) is 1. The van der Waals surface area contributed by atoms with Crippen LogP contribution in [-0.4, -0.2) is 11.2 Å². The van der Waals surface area contributed by atoms with Crippen LogP contribution in [0.5, 0.6) is 0 Å². The van der Waals surface area contributed by atoms with Gasteiger partial charge < -0.3 is 5.32 Å². The molecular weight excluding hydrogens is 316 g/mol. The molecule has 1 atom stereocenters. The van der Waals surface area contributed by atoms with Crippen LogP contribution >= 0.6 is 11.8 Å². The molecular formula is C18H19F2NOS. The van der Waals surface area contributed by atoms with Crippen LogP contribution in [0.4, 0.5) is 14.5 Å². The van der Waals surface area contributed by atoms with Gasteiger partial charge in [0.05, 0.1) is 5.25 Å². The standard InChI is InChI=1S/C18H19F2NOS/c1-11-7-8-12(2)16(9-11)21-18(22)13(3)23-10-14-5-4-6-15(19)17(14)20/h4-9,13H,10H2,1-3H3,(H,21,22). The Morgan fingerprint density at radius 2 is 1.96 bits per heavy atom. The first kappa shape index (κ1) is 17.5. The molecule has 0 saturated heterocycles. The molecule has 23 heavy (non-hydrogen) atoms. The third-order valence-corrected chi connectivity index (χ3v) is 4.73. The van der Waals surface area contributed by atoms with E-state index < -0.39 is 11.6 Å². The Morgan fingerprint density at radius 1 is 1.22 bits per heavy atom. The smallest absolute Gasteiger partial charge is 0.237 e. The Bertz CT molecular complexity index is 718. The Balaban J connectivity index is 1.97. The Kier molecular flexibility index (Phi) is 5.77. The van der Waals surface area contributed by atoms with E-state index in [4.69, 9.17) is 0 Å². The van der Waals surface area contributed by atoms with Gasteiger partial charge in [0, 0.05) is 17.0 Å². The molecule has 1 N–H and O–H groups in total. The minimum atomic E-state index is -0.865. The van der Waals surface area contributed by atoms with Crippen molar-refractivity contribution in [3.8, 4) is 0 Å². The fourth-order valence-corrected chi connectivity index (χ4v) is 2.92. The topological polar surface area (TPSA) is 29.1 Å². The van der Waals surface area contributed by atoms with Crippen molar-refractivity contribution in [2.75, 3.05) is 5.32 Å². The van der Waals surface area contributed by atoms with E-state index in [0.29, 0.717) is 0 Å². The number of anilines is 1. The second-order valence-electron chi connectivity index (χ2n) is 5.47. The third kappa shape index (κ3) is 4.55. The van der Waals surface area contributed by atoms with Crippen LogP contribution < -0.4 is 5.32 Å². The van der Waals surface area contributed by atoms with Gasteiger partial charge in [0.1, 0.15) is 0 Å². The predicted molar refractivity (Wildman–Crippen MR) is 91.7 cm³/mol. The summed E-state index contributed by atoms with van der Waals surface area (Å²) in [5, 5.41) is 2.51. The van der Waals surface area contributed by atoms with E-state index in [1.165, 1.54) is 23.9 Å². The Morgan fingerprint density at radius 3 is 2.70 bits per heavy atom. The van der Waals surface area contributed by atoms with Gasteiger partial charge in [-0.1, -0.05) is 24.3 Å². The van der Waals surface area contributed by atoms with Crippen molar-refractivity contribution in [2.24, 2.45) is 0 Å². The number of hydrogen-bond acceptors (Lipinski definition) is 2. The van der Waals surface area contributed by atoms with Crippen LogP contribution in [0.15, 0.2) is 36.4 Å². The molecule has 5 heteroatoms. The maximum Gasteiger partial charge on any atom is 0.237 e. The van der Waals surface area contributed by atoms with E-state index in [2.05, 4.69) is 5.32 Å². The number of carbonyl (C=O) groups is 1. The fourth-order valence-electron chi connectivity index (χ4n) is 2.06. The summed E-state index contributed by atoms with van der Waals surface area (Å²) in [6, 6.07) is 9.92. The zero-order valence-electron chi connectivity index (χ0n) is 13.3. The summed E-state index contributed by atoms with van der Waals surface area (Å²) in [5.74, 6) is -1.62. The van der Waals surface area contributed by atoms with Crippen LogP contribution in [0, 0.1) is 25.5 Å². The van der Waals surface area contributed by atoms with Gasteiger partial charge in [-0.05, 0) is 44.0 Å². The monoisotopic (exact) mass is 335 g/mol. The van der Waals surface area contributed by atoms with E-state index in [0.717, 1.165) is 22.9 Å². The minimum Gasteiger partial charge on any atom is -0.325 e. The summed E-state index contributed by atoms with van der Waals surface area (Å²) in [7, 11) is 0. The number of rotatable bonds is 5. The van der Waals surface area contributed by atoms with Gasteiger partial charge in [0.25, 0.3) is 0 Å². The molecule has 0 saturated carbocycles. The summed E-state index contributed by atoms with van der Waals surface area (Å²) < 4.78 is 26.8. The fraction of sp³-hybridized carbons (Fsp3) is 0.278. The van der Waals surface area contributed by atoms with Crippen molar-refractivity contribution in [2.45, 2.75) is 31.8 Å². The first-order valence-electron chi connectivity index (χ1n) is 7.31. The SMILES string of the molecule is Cc1ccc(C)c(NC(=O)C(C)SCc2cccc(F)c2F)c1. The van der Waals surface area contributed by atoms with E-state index >= 15 is 0 Å². The Labute approximate surface area is 139 Å². The molecule has 0 aliphatic carbocycles. The predicted octanol–water partition coefficient (Wildman–Crippen LogP) is 4.84. The number of aryl methyl sites for hydroxylation is 2. The van der Waals surface area contributed by atoms with Gasteiger partial charge in [-0.25, -0.2) is 8.78 Å². The maximum atomic E-state index is 13.6. The first-order chi connectivity index (χ1) is 10.9. The highest BCUT2D eigenvalue weighted by Gasteiger charge is 2.16. The van der Waals surface area contributed by atoms with Gasteiger partial charge in [0.2, 0.25) is 5.91 Å². The largest absolute Gasteiger partial charge is 0.325 e. The molecule has 2 aromatic rings. The lowest BCUT2D eigenvalue weighted by Crippen LogP contribution is -2.23. The Hall–Kier alpha value is -1.88. The first-order valence-corrected chi connectivity index (χ1v) is 8.36. The molecule has 0 spiro atoms. The lowest BCUT2D eigenvalue weighted by molar-refractivity contribution is -0.115. The van der Waals surface area contributed by atoms with Crippen LogP contribution in [0.3, 0.4) is 0 Å². The van der Waals surface area contributed by atoms with Gasteiger partial charge in [0.15, 0.2) is 11.6 Å². The second-order valence-corrected chi connectivity index (χ2v) is 6.80. The van der Waals surface area contributed by atoms with E-state index in [9.17, 15) is 13.6 Å². The molecule has 1 unspecified atom stereocenters. The van der Waals surface area contributed by atoms with Crippen molar-refractivity contribution in [3.63, 3.8) is 0 Å². The quantitative estimate of drug-likeness (QED) is 0.847. The van der Waals surface area contributed by atoms with Crippen molar-refractivity contribution in [1.29, 1.82) is 0 Å². The molecule has 0 aliphatic rings. The highest BCUT2D eigenvalue weighted by Crippen LogP contribution is 2.23. The lowest BCUT2D eigenvalue weighted by atomic mass is 10.1. The summed E-state index contributed by atoms with van der Waals surface area (Å²) >= 11 is 1.27. The maximum absolute atomic E-state index is 13.6. The molecule has 1 amide bonds. The van der Waals surface area contributed by atoms with Crippen molar-refractivity contribution in [1.82, 2.24) is 0 Å². The summed E-state index contributed by atoms with van der Waals surface area (Å²) in [6.45, 7) is 5.64. The van der Waals surface area contributed by atoms with E-state index in [1.54, 1.807) is 6.92 Å². The van der Waals surface area contributed by atoms with E-state index in [-0.39, 0.29) is 22.5 Å². The number of hydrogen-bond donors (Lipinski definition) is 1. The number of amides is 1. The number of benzene rings is 2. The number of carbonyl (C=O) groups excluding carboxylic acids is 1. The molecule has 2 aromatic carbocycles. The van der Waals surface area contributed by atoms with Gasteiger partial charge in [-0.3, -0.25) is 4.79 Å². The summed E-state index contributed by atoms with van der Waals surface area (Å²) in [6.07, 6.45) is 0. The number of thioether (sulfide) groups is 1. The molecule has 122 valence electrons. The van der Waals surface area contributed by atoms with Crippen LogP contribution in [-0.2, 0) is 10.5 Å². The van der Waals surface area contributed by atoms with Crippen molar-refractivity contribution >= 4 is 23.4 Å². The highest BCUT2D eigenvalue weighted by molar-refractivity contribution is 7.99. The highest BCUT2D eigenvalue weighted by atomic mass is 32.2. The second kappa shape index (κ2) is 7.59. The van der Waals surface area contributed by atoms with Crippen molar-refractivity contribution in [3.05, 3.63) is 64.7 Å². The van der Waals surface area contributed by atoms with Crippen LogP contribution in [0.25, 0.3) is 0 Å². The van der Waals surface area contributed by atoms with Gasteiger partial charge in [-0.2, -0.15) is 0 Å². The molecule has 0 fully saturated rings. The zero-order chi connectivity index (χ0) is 17.0. The summed E-state index contributed by atoms with van der Waals surface area (Å²) in [4.78, 5) is 12.2. The molecule has 0 heterocycles. The molecule has 0 bridgehead atoms. The van der Waals surface area contributed by atoms with Crippen LogP contribution in [0.2, 0.25) is 0 Å². The lowest BCUT2D eigenvalue weighted by Gasteiger charge is -2.14. The van der Waals surface area contributed by atoms with E-state index in [1.807, 2.05) is 32.0 Å². The average Bonchev–Trinajstić information content (AvgIpc) is 2.52. The minimum absolute atomic E-state index is 0.152. The average molecular weight is 335 g/mol. The molecule has 2 nitrogen and oxygen atoms in total. The van der Waals surface area contributed by atoms with Gasteiger partial charge >= 0.3 is 0 Å². The normalized spacial score (nSPS) is 12.0. The van der Waals surface area contributed by atoms with Crippen molar-refractivity contribution < 1.29 is 13.6 Å². The summed E-state index contributed by atoms with van der Waals surface area (Å²) in [5.41, 5.74) is 3.09. The molecule has 0 radical (unpaired) electrons. The van der Waals surface area contributed by atoms with Gasteiger partial charge in [-0.15, -0.1) is 11.8 Å². The zero-order valence-corrected chi connectivity index (χ0v) is 14.1.